The number of aromatic nitrogens is 1. The van der Waals surface area contributed by atoms with E-state index in [4.69, 9.17) is 0 Å². The van der Waals surface area contributed by atoms with Crippen molar-refractivity contribution in [3.8, 4) is 0 Å². The lowest BCUT2D eigenvalue weighted by atomic mass is 10.0. The number of pyridine rings is 1. The molecule has 0 radical (unpaired) electrons. The zero-order valence-electron chi connectivity index (χ0n) is 10.5. The Morgan fingerprint density at radius 2 is 1.47 bits per heavy atom. The molecule has 0 fully saturated rings. The van der Waals surface area contributed by atoms with Crippen LogP contribution in [0.3, 0.4) is 0 Å². The predicted molar refractivity (Wildman–Crippen MR) is 75.7 cm³/mol. The third-order valence-corrected chi connectivity index (χ3v) is 3.48. The predicted octanol–water partition coefficient (Wildman–Crippen LogP) is 3.26. The molecule has 0 saturated heterocycles. The molecule has 1 heterocycles. The normalized spacial score (nSPS) is 10.2. The van der Waals surface area contributed by atoms with Gasteiger partial charge in [0.1, 0.15) is 0 Å². The molecule has 0 spiro atoms. The lowest BCUT2D eigenvalue weighted by molar-refractivity contribution is 0.0894. The van der Waals surface area contributed by atoms with Gasteiger partial charge in [-0.25, -0.2) is 0 Å². The molecule has 1 aromatic carbocycles. The smallest absolute Gasteiger partial charge is 0.170 e. The largest absolute Gasteiger partial charge is 0.294 e. The van der Waals surface area contributed by atoms with Crippen LogP contribution in [0.5, 0.6) is 0 Å². The third kappa shape index (κ3) is 3.51. The second-order valence-corrected chi connectivity index (χ2v) is 4.87. The van der Waals surface area contributed by atoms with Gasteiger partial charge in [-0.3, -0.25) is 14.6 Å². The molecule has 0 aliphatic carbocycles. The van der Waals surface area contributed by atoms with E-state index in [0.29, 0.717) is 11.1 Å². The molecule has 1 aromatic heterocycles. The number of carbonyl (C=O) groups is 2. The summed E-state index contributed by atoms with van der Waals surface area (Å²) < 4.78 is 0. The fraction of sp³-hybridized carbons (Fsp3) is 0.133. The molecular weight excluding hydrogens is 258 g/mol. The maximum absolute atomic E-state index is 12.0. The van der Waals surface area contributed by atoms with Gasteiger partial charge in [0.15, 0.2) is 11.6 Å². The number of thioether (sulfide) groups is 1. The molecule has 0 N–H and O–H groups in total. The molecule has 2 rings (SSSR count). The van der Waals surface area contributed by atoms with Crippen LogP contribution in [0.1, 0.15) is 27.1 Å². The highest BCUT2D eigenvalue weighted by atomic mass is 32.2. The second-order valence-electron chi connectivity index (χ2n) is 3.99. The van der Waals surface area contributed by atoms with Crippen LogP contribution < -0.4 is 0 Å². The summed E-state index contributed by atoms with van der Waals surface area (Å²) in [6.07, 6.45) is 4.96. The van der Waals surface area contributed by atoms with E-state index < -0.39 is 0 Å². The second kappa shape index (κ2) is 6.29. The fourth-order valence-electron chi connectivity index (χ4n) is 1.66. The zero-order valence-corrected chi connectivity index (χ0v) is 11.3. The molecule has 96 valence electrons. The average Bonchev–Trinajstić information content (AvgIpc) is 2.48. The molecule has 4 heteroatoms. The van der Waals surface area contributed by atoms with Gasteiger partial charge < -0.3 is 0 Å². The quantitative estimate of drug-likeness (QED) is 0.476. The van der Waals surface area contributed by atoms with Crippen LogP contribution in [0.25, 0.3) is 0 Å². The van der Waals surface area contributed by atoms with E-state index >= 15 is 0 Å². The van der Waals surface area contributed by atoms with Gasteiger partial charge in [-0.1, -0.05) is 12.1 Å². The van der Waals surface area contributed by atoms with Crippen molar-refractivity contribution in [2.24, 2.45) is 0 Å². The van der Waals surface area contributed by atoms with Crippen molar-refractivity contribution in [1.29, 1.82) is 0 Å². The number of benzene rings is 1. The fourth-order valence-corrected chi connectivity index (χ4v) is 2.07. The van der Waals surface area contributed by atoms with Gasteiger partial charge >= 0.3 is 0 Å². The molecule has 0 bridgehead atoms. The molecule has 0 aliphatic heterocycles. The Morgan fingerprint density at radius 3 is 2.00 bits per heavy atom. The van der Waals surface area contributed by atoms with E-state index in [2.05, 4.69) is 4.98 Å². The SMILES string of the molecule is CSc1ccc(C(=O)CC(=O)c2ccncc2)cc1. The van der Waals surface area contributed by atoms with Crippen molar-refractivity contribution in [3.63, 3.8) is 0 Å². The first-order valence-electron chi connectivity index (χ1n) is 5.81. The maximum Gasteiger partial charge on any atom is 0.170 e. The van der Waals surface area contributed by atoms with Gasteiger partial charge in [-0.05, 0) is 30.5 Å². The van der Waals surface area contributed by atoms with Crippen LogP contribution in [0.4, 0.5) is 0 Å². The number of ketones is 2. The standard InChI is InChI=1S/C15H13NO2S/c1-19-13-4-2-11(3-5-13)14(17)10-15(18)12-6-8-16-9-7-12/h2-9H,10H2,1H3. The summed E-state index contributed by atoms with van der Waals surface area (Å²) in [7, 11) is 0. The van der Waals surface area contributed by atoms with Gasteiger partial charge in [0, 0.05) is 28.4 Å². The Kier molecular flexibility index (Phi) is 4.47. The van der Waals surface area contributed by atoms with Gasteiger partial charge in [0.05, 0.1) is 6.42 Å². The van der Waals surface area contributed by atoms with Crippen molar-refractivity contribution in [2.45, 2.75) is 11.3 Å². The van der Waals surface area contributed by atoms with E-state index in [9.17, 15) is 9.59 Å². The Labute approximate surface area is 116 Å². The molecule has 2 aromatic rings. The van der Waals surface area contributed by atoms with E-state index in [1.807, 2.05) is 18.4 Å². The van der Waals surface area contributed by atoms with Crippen LogP contribution in [0, 0.1) is 0 Å². The van der Waals surface area contributed by atoms with E-state index in [-0.39, 0.29) is 18.0 Å². The van der Waals surface area contributed by atoms with E-state index in [0.717, 1.165) is 4.90 Å². The molecule has 0 aliphatic rings. The molecule has 19 heavy (non-hydrogen) atoms. The van der Waals surface area contributed by atoms with Crippen molar-refractivity contribution >= 4 is 23.3 Å². The summed E-state index contributed by atoms with van der Waals surface area (Å²) >= 11 is 1.61. The summed E-state index contributed by atoms with van der Waals surface area (Å²) in [6.45, 7) is 0. The first-order valence-corrected chi connectivity index (χ1v) is 7.03. The molecular formula is C15H13NO2S. The van der Waals surface area contributed by atoms with E-state index in [1.165, 1.54) is 0 Å². The summed E-state index contributed by atoms with van der Waals surface area (Å²) in [5.41, 5.74) is 1.09. The number of nitrogens with zero attached hydrogens (tertiary/aromatic N) is 1. The lowest BCUT2D eigenvalue weighted by Gasteiger charge is -2.02. The first kappa shape index (κ1) is 13.5. The van der Waals surface area contributed by atoms with Crippen molar-refractivity contribution in [3.05, 3.63) is 59.9 Å². The third-order valence-electron chi connectivity index (χ3n) is 2.74. The summed E-state index contributed by atoms with van der Waals surface area (Å²) in [5.74, 6) is -0.337. The van der Waals surface area contributed by atoms with Crippen LogP contribution in [0.15, 0.2) is 53.7 Å². The number of hydrogen-bond donors (Lipinski definition) is 0. The molecule has 0 atom stereocenters. The van der Waals surface area contributed by atoms with Crippen LogP contribution in [-0.4, -0.2) is 22.8 Å². The highest BCUT2D eigenvalue weighted by Crippen LogP contribution is 2.16. The average molecular weight is 271 g/mol. The first-order chi connectivity index (χ1) is 9.20. The van der Waals surface area contributed by atoms with Crippen molar-refractivity contribution in [1.82, 2.24) is 4.98 Å². The van der Waals surface area contributed by atoms with Crippen LogP contribution >= 0.6 is 11.8 Å². The Hall–Kier alpha value is -1.94. The Bertz CT molecular complexity index is 579. The maximum atomic E-state index is 12.0. The minimum absolute atomic E-state index is 0.109. The van der Waals surface area contributed by atoms with Crippen LogP contribution in [-0.2, 0) is 0 Å². The topological polar surface area (TPSA) is 47.0 Å². The van der Waals surface area contributed by atoms with Crippen molar-refractivity contribution < 1.29 is 9.59 Å². The Morgan fingerprint density at radius 1 is 0.947 bits per heavy atom. The van der Waals surface area contributed by atoms with E-state index in [1.54, 1.807) is 48.4 Å². The monoisotopic (exact) mass is 271 g/mol. The van der Waals surface area contributed by atoms with Crippen LogP contribution in [0.2, 0.25) is 0 Å². The number of carbonyl (C=O) groups excluding carboxylic acids is 2. The highest BCUT2D eigenvalue weighted by molar-refractivity contribution is 7.98. The molecule has 0 unspecified atom stereocenters. The molecule has 3 nitrogen and oxygen atoms in total. The number of Topliss-reactive ketones (excluding diaryl/α,β-unsaturated/α-hetero) is 2. The highest BCUT2D eigenvalue weighted by Gasteiger charge is 2.13. The van der Waals surface area contributed by atoms with Gasteiger partial charge in [0.25, 0.3) is 0 Å². The molecule has 0 saturated carbocycles. The minimum Gasteiger partial charge on any atom is -0.294 e. The van der Waals surface area contributed by atoms with Gasteiger partial charge in [0.2, 0.25) is 0 Å². The summed E-state index contributed by atoms with van der Waals surface area (Å²) in [6, 6.07) is 10.5. The Balaban J connectivity index is 2.06. The van der Waals surface area contributed by atoms with Gasteiger partial charge in [-0.15, -0.1) is 11.8 Å². The molecule has 0 amide bonds. The van der Waals surface area contributed by atoms with Crippen molar-refractivity contribution in [2.75, 3.05) is 6.26 Å². The lowest BCUT2D eigenvalue weighted by Crippen LogP contribution is -2.08. The summed E-state index contributed by atoms with van der Waals surface area (Å²) in [5, 5.41) is 0. The minimum atomic E-state index is -0.179. The van der Waals surface area contributed by atoms with Gasteiger partial charge in [-0.2, -0.15) is 0 Å². The summed E-state index contributed by atoms with van der Waals surface area (Å²) in [4.78, 5) is 28.8. The zero-order chi connectivity index (χ0) is 13.7. The number of hydrogen-bond acceptors (Lipinski definition) is 4. The number of rotatable bonds is 5.